The van der Waals surface area contributed by atoms with Crippen LogP contribution in [0.3, 0.4) is 0 Å². The molecule has 0 bridgehead atoms. The maximum absolute atomic E-state index is 13.1. The Morgan fingerprint density at radius 3 is 2.34 bits per heavy atom. The molecule has 6 nitrogen and oxygen atoms in total. The molecule has 0 aliphatic carbocycles. The molecule has 1 saturated heterocycles. The predicted octanol–water partition coefficient (Wildman–Crippen LogP) is 4.00. The van der Waals surface area contributed by atoms with Crippen molar-refractivity contribution in [2.75, 3.05) is 48.4 Å². The van der Waals surface area contributed by atoms with Crippen molar-refractivity contribution in [2.24, 2.45) is 0 Å². The van der Waals surface area contributed by atoms with Crippen LogP contribution in [0.25, 0.3) is 0 Å². The van der Waals surface area contributed by atoms with E-state index in [0.29, 0.717) is 5.95 Å². The molecule has 0 amide bonds. The number of piperazine rings is 1. The molecule has 0 saturated carbocycles. The number of hydrogen-bond acceptors (Lipinski definition) is 6. The molecule has 1 aliphatic rings. The van der Waals surface area contributed by atoms with E-state index in [-0.39, 0.29) is 5.82 Å². The second-order valence-corrected chi connectivity index (χ2v) is 6.97. The van der Waals surface area contributed by atoms with Crippen molar-refractivity contribution in [1.82, 2.24) is 9.97 Å². The van der Waals surface area contributed by atoms with Gasteiger partial charge in [-0.25, -0.2) is 9.37 Å². The fourth-order valence-corrected chi connectivity index (χ4v) is 3.50. The molecule has 150 valence electrons. The number of rotatable bonds is 5. The molecule has 1 fully saturated rings. The second kappa shape index (κ2) is 8.34. The third kappa shape index (κ3) is 4.39. The molecular weight excluding hydrogens is 369 g/mol. The van der Waals surface area contributed by atoms with Gasteiger partial charge in [-0.2, -0.15) is 4.98 Å². The lowest BCUT2D eigenvalue weighted by Crippen LogP contribution is -2.47. The smallest absolute Gasteiger partial charge is 0.229 e. The molecule has 29 heavy (non-hydrogen) atoms. The highest BCUT2D eigenvalue weighted by atomic mass is 19.1. The van der Waals surface area contributed by atoms with Gasteiger partial charge < -0.3 is 19.9 Å². The number of nitrogens with one attached hydrogen (secondary N) is 1. The van der Waals surface area contributed by atoms with Gasteiger partial charge in [0.25, 0.3) is 0 Å². The van der Waals surface area contributed by atoms with Crippen LogP contribution in [0.4, 0.5) is 27.5 Å². The predicted molar refractivity (Wildman–Crippen MR) is 114 cm³/mol. The molecule has 2 heterocycles. The van der Waals surface area contributed by atoms with E-state index in [2.05, 4.69) is 31.2 Å². The zero-order chi connectivity index (χ0) is 20.2. The van der Waals surface area contributed by atoms with Gasteiger partial charge in [0.15, 0.2) is 0 Å². The lowest BCUT2D eigenvalue weighted by atomic mass is 10.2. The van der Waals surface area contributed by atoms with Crippen LogP contribution in [0.5, 0.6) is 5.75 Å². The Labute approximate surface area is 170 Å². The average molecular weight is 393 g/mol. The van der Waals surface area contributed by atoms with Gasteiger partial charge in [0.05, 0.1) is 12.8 Å². The average Bonchev–Trinajstić information content (AvgIpc) is 2.75. The monoisotopic (exact) mass is 393 g/mol. The first-order valence-electron chi connectivity index (χ1n) is 9.63. The summed E-state index contributed by atoms with van der Waals surface area (Å²) in [4.78, 5) is 13.7. The molecule has 2 aromatic carbocycles. The van der Waals surface area contributed by atoms with E-state index in [1.807, 2.05) is 31.2 Å². The summed E-state index contributed by atoms with van der Waals surface area (Å²) >= 11 is 0. The minimum atomic E-state index is -0.269. The maximum Gasteiger partial charge on any atom is 0.229 e. The normalized spacial score (nSPS) is 14.0. The van der Waals surface area contributed by atoms with Gasteiger partial charge in [0, 0.05) is 43.6 Å². The number of anilines is 4. The molecule has 7 heteroatoms. The molecule has 3 aromatic rings. The Balaban J connectivity index is 1.47. The molecule has 1 aromatic heterocycles. The number of aryl methyl sites for hydroxylation is 1. The van der Waals surface area contributed by atoms with E-state index in [4.69, 9.17) is 4.74 Å². The SMILES string of the molecule is COc1ccccc1N1CCN(c2cc(C)nc(Nc3ccc(F)cc3)n2)CC1. The largest absolute Gasteiger partial charge is 0.495 e. The lowest BCUT2D eigenvalue weighted by molar-refractivity contribution is 0.413. The summed E-state index contributed by atoms with van der Waals surface area (Å²) in [5.41, 5.74) is 2.75. The van der Waals surface area contributed by atoms with Crippen LogP contribution in [0.2, 0.25) is 0 Å². The van der Waals surface area contributed by atoms with Crippen LogP contribution in [-0.4, -0.2) is 43.3 Å². The molecule has 0 spiro atoms. The van der Waals surface area contributed by atoms with Gasteiger partial charge in [0.1, 0.15) is 17.4 Å². The van der Waals surface area contributed by atoms with E-state index in [9.17, 15) is 4.39 Å². The number of benzene rings is 2. The van der Waals surface area contributed by atoms with Gasteiger partial charge in [-0.15, -0.1) is 0 Å². The zero-order valence-corrected chi connectivity index (χ0v) is 16.6. The van der Waals surface area contributed by atoms with E-state index in [1.54, 1.807) is 19.2 Å². The molecule has 0 unspecified atom stereocenters. The number of aromatic nitrogens is 2. The number of para-hydroxylation sites is 2. The standard InChI is InChI=1S/C22H24FN5O/c1-16-15-21(26-22(24-16)25-18-9-7-17(23)8-10-18)28-13-11-27(12-14-28)19-5-3-4-6-20(19)29-2/h3-10,15H,11-14H2,1-2H3,(H,24,25,26). The van der Waals surface area contributed by atoms with E-state index in [0.717, 1.165) is 54.8 Å². The highest BCUT2D eigenvalue weighted by Gasteiger charge is 2.21. The highest BCUT2D eigenvalue weighted by molar-refractivity contribution is 5.60. The van der Waals surface area contributed by atoms with Gasteiger partial charge in [-0.1, -0.05) is 12.1 Å². The first-order valence-corrected chi connectivity index (χ1v) is 9.63. The van der Waals surface area contributed by atoms with Gasteiger partial charge in [-0.3, -0.25) is 0 Å². The Bertz CT molecular complexity index is 971. The summed E-state index contributed by atoms with van der Waals surface area (Å²) < 4.78 is 18.6. The van der Waals surface area contributed by atoms with E-state index < -0.39 is 0 Å². The highest BCUT2D eigenvalue weighted by Crippen LogP contribution is 2.29. The molecule has 0 radical (unpaired) electrons. The summed E-state index contributed by atoms with van der Waals surface area (Å²) in [7, 11) is 1.70. The van der Waals surface area contributed by atoms with Crippen LogP contribution in [0, 0.1) is 12.7 Å². The summed E-state index contributed by atoms with van der Waals surface area (Å²) in [5.74, 6) is 2.03. The van der Waals surface area contributed by atoms with Crippen molar-refractivity contribution in [1.29, 1.82) is 0 Å². The third-order valence-corrected chi connectivity index (χ3v) is 4.97. The Morgan fingerprint density at radius 1 is 0.931 bits per heavy atom. The van der Waals surface area contributed by atoms with E-state index in [1.165, 1.54) is 12.1 Å². The molecule has 4 rings (SSSR count). The number of ether oxygens (including phenoxy) is 1. The van der Waals surface area contributed by atoms with Crippen LogP contribution in [-0.2, 0) is 0 Å². The molecular formula is C22H24FN5O. The van der Waals surface area contributed by atoms with Crippen molar-refractivity contribution in [3.63, 3.8) is 0 Å². The Morgan fingerprint density at radius 2 is 1.62 bits per heavy atom. The van der Waals surface area contributed by atoms with Crippen molar-refractivity contribution in [3.8, 4) is 5.75 Å². The minimum Gasteiger partial charge on any atom is -0.495 e. The fourth-order valence-electron chi connectivity index (χ4n) is 3.50. The molecule has 1 aliphatic heterocycles. The van der Waals surface area contributed by atoms with Gasteiger partial charge in [-0.05, 0) is 43.3 Å². The number of hydrogen-bond donors (Lipinski definition) is 1. The number of nitrogens with zero attached hydrogens (tertiary/aromatic N) is 4. The van der Waals surface area contributed by atoms with Crippen LogP contribution in [0.15, 0.2) is 54.6 Å². The summed E-state index contributed by atoms with van der Waals surface area (Å²) in [5, 5.41) is 3.16. The summed E-state index contributed by atoms with van der Waals surface area (Å²) in [6.45, 7) is 5.41. The lowest BCUT2D eigenvalue weighted by Gasteiger charge is -2.37. The number of halogens is 1. The van der Waals surface area contributed by atoms with Crippen molar-refractivity contribution in [2.45, 2.75) is 6.92 Å². The van der Waals surface area contributed by atoms with E-state index >= 15 is 0 Å². The Kier molecular flexibility index (Phi) is 5.46. The molecule has 0 atom stereocenters. The van der Waals surface area contributed by atoms with Crippen LogP contribution >= 0.6 is 0 Å². The van der Waals surface area contributed by atoms with Crippen molar-refractivity contribution in [3.05, 3.63) is 66.1 Å². The fraction of sp³-hybridized carbons (Fsp3) is 0.273. The molecule has 1 N–H and O–H groups in total. The number of methoxy groups -OCH3 is 1. The van der Waals surface area contributed by atoms with Crippen molar-refractivity contribution < 1.29 is 9.13 Å². The maximum atomic E-state index is 13.1. The summed E-state index contributed by atoms with van der Waals surface area (Å²) in [6, 6.07) is 16.3. The van der Waals surface area contributed by atoms with Crippen molar-refractivity contribution >= 4 is 23.1 Å². The third-order valence-electron chi connectivity index (χ3n) is 4.97. The first kappa shape index (κ1) is 19.0. The quantitative estimate of drug-likeness (QED) is 0.707. The van der Waals surface area contributed by atoms with Gasteiger partial charge in [0.2, 0.25) is 5.95 Å². The minimum absolute atomic E-state index is 0.269. The van der Waals surface area contributed by atoms with Gasteiger partial charge >= 0.3 is 0 Å². The topological polar surface area (TPSA) is 53.5 Å². The first-order chi connectivity index (χ1) is 14.1. The van der Waals surface area contributed by atoms with Crippen LogP contribution < -0.4 is 19.9 Å². The van der Waals surface area contributed by atoms with Crippen LogP contribution in [0.1, 0.15) is 5.69 Å². The Hall–Kier alpha value is -3.35. The summed E-state index contributed by atoms with van der Waals surface area (Å²) in [6.07, 6.45) is 0. The zero-order valence-electron chi connectivity index (χ0n) is 16.6. The second-order valence-electron chi connectivity index (χ2n) is 6.97.